The van der Waals surface area contributed by atoms with Gasteiger partial charge in [-0.25, -0.2) is 4.79 Å². The molecular formula is C13H14O2. The zero-order valence-corrected chi connectivity index (χ0v) is 8.72. The average Bonchev–Trinajstić information content (AvgIpc) is 2.28. The number of benzene rings is 1. The van der Waals surface area contributed by atoms with Crippen molar-refractivity contribution in [3.8, 4) is 0 Å². The van der Waals surface area contributed by atoms with Crippen LogP contribution < -0.4 is 0 Å². The van der Waals surface area contributed by atoms with E-state index in [1.807, 2.05) is 37.3 Å². The first-order chi connectivity index (χ1) is 7.33. The van der Waals surface area contributed by atoms with E-state index < -0.39 is 0 Å². The van der Waals surface area contributed by atoms with Gasteiger partial charge in [-0.05, 0) is 24.1 Å². The van der Waals surface area contributed by atoms with Crippen molar-refractivity contribution in [3.05, 3.63) is 54.3 Å². The van der Waals surface area contributed by atoms with Crippen molar-refractivity contribution in [2.24, 2.45) is 0 Å². The Labute approximate surface area is 89.9 Å². The molecule has 0 aliphatic heterocycles. The second-order valence-corrected chi connectivity index (χ2v) is 2.96. The molecule has 15 heavy (non-hydrogen) atoms. The molecule has 0 radical (unpaired) electrons. The summed E-state index contributed by atoms with van der Waals surface area (Å²) >= 11 is 0. The van der Waals surface area contributed by atoms with Crippen molar-refractivity contribution in [3.63, 3.8) is 0 Å². The summed E-state index contributed by atoms with van der Waals surface area (Å²) < 4.78 is 4.80. The van der Waals surface area contributed by atoms with E-state index in [1.54, 1.807) is 12.2 Å². The molecule has 0 spiro atoms. The summed E-state index contributed by atoms with van der Waals surface area (Å²) in [5.74, 6) is -0.358. The molecule has 1 aromatic rings. The van der Waals surface area contributed by atoms with Gasteiger partial charge in [0.05, 0.1) is 6.26 Å². The Bertz CT molecular complexity index is 350. The topological polar surface area (TPSA) is 26.3 Å². The van der Waals surface area contributed by atoms with Gasteiger partial charge in [0.15, 0.2) is 0 Å². The molecule has 0 N–H and O–H groups in total. The normalized spacial score (nSPS) is 11.0. The molecule has 0 amide bonds. The number of hydrogen-bond donors (Lipinski definition) is 0. The van der Waals surface area contributed by atoms with Crippen LogP contribution in [0.25, 0.3) is 6.08 Å². The molecule has 1 rings (SSSR count). The lowest BCUT2D eigenvalue weighted by molar-refractivity contribution is -0.132. The lowest BCUT2D eigenvalue weighted by Gasteiger charge is -1.92. The minimum Gasteiger partial charge on any atom is -0.432 e. The lowest BCUT2D eigenvalue weighted by atomic mass is 10.2. The predicted octanol–water partition coefficient (Wildman–Crippen LogP) is 3.17. The fourth-order valence-electron chi connectivity index (χ4n) is 0.979. The predicted molar refractivity (Wildman–Crippen MR) is 61.0 cm³/mol. The standard InChI is InChI=1S/C13H14O2/c1-2-3-11-15-13(14)10-9-12-7-5-4-6-8-12/h3-11H,2H2,1H3/b10-9+,11-3+. The Kier molecular flexibility index (Phi) is 4.95. The number of carbonyl (C=O) groups excluding carboxylic acids is 1. The van der Waals surface area contributed by atoms with E-state index in [9.17, 15) is 4.79 Å². The Balaban J connectivity index is 2.44. The van der Waals surface area contributed by atoms with Crippen LogP contribution in [0.4, 0.5) is 0 Å². The quantitative estimate of drug-likeness (QED) is 0.426. The van der Waals surface area contributed by atoms with Crippen molar-refractivity contribution >= 4 is 12.0 Å². The fraction of sp³-hybridized carbons (Fsp3) is 0.154. The van der Waals surface area contributed by atoms with Crippen molar-refractivity contribution in [1.82, 2.24) is 0 Å². The maximum Gasteiger partial charge on any atom is 0.335 e. The van der Waals surface area contributed by atoms with Crippen molar-refractivity contribution in [2.75, 3.05) is 0 Å². The smallest absolute Gasteiger partial charge is 0.335 e. The van der Waals surface area contributed by atoms with E-state index in [2.05, 4.69) is 0 Å². The molecule has 0 atom stereocenters. The summed E-state index contributed by atoms with van der Waals surface area (Å²) in [6.45, 7) is 1.98. The van der Waals surface area contributed by atoms with Crippen LogP contribution >= 0.6 is 0 Å². The Morgan fingerprint density at radius 3 is 2.73 bits per heavy atom. The van der Waals surface area contributed by atoms with Gasteiger partial charge < -0.3 is 4.74 Å². The molecule has 0 aromatic heterocycles. The monoisotopic (exact) mass is 202 g/mol. The summed E-state index contributed by atoms with van der Waals surface area (Å²) in [7, 11) is 0. The molecule has 0 aliphatic carbocycles. The second-order valence-electron chi connectivity index (χ2n) is 2.96. The summed E-state index contributed by atoms with van der Waals surface area (Å²) in [4.78, 5) is 11.1. The van der Waals surface area contributed by atoms with Gasteiger partial charge in [0, 0.05) is 6.08 Å². The zero-order chi connectivity index (χ0) is 10.9. The molecule has 0 fully saturated rings. The van der Waals surface area contributed by atoms with Gasteiger partial charge in [0.25, 0.3) is 0 Å². The Hall–Kier alpha value is -1.83. The zero-order valence-electron chi connectivity index (χ0n) is 8.72. The van der Waals surface area contributed by atoms with Gasteiger partial charge in [0.2, 0.25) is 0 Å². The van der Waals surface area contributed by atoms with Gasteiger partial charge in [-0.3, -0.25) is 0 Å². The molecule has 0 saturated heterocycles. The van der Waals surface area contributed by atoms with Crippen LogP contribution in [-0.2, 0) is 9.53 Å². The molecule has 0 bridgehead atoms. The molecular weight excluding hydrogens is 188 g/mol. The van der Waals surface area contributed by atoms with Crippen LogP contribution in [0.1, 0.15) is 18.9 Å². The third-order valence-electron chi connectivity index (χ3n) is 1.73. The maximum atomic E-state index is 11.1. The molecule has 2 heteroatoms. The number of esters is 1. The molecule has 2 nitrogen and oxygen atoms in total. The highest BCUT2D eigenvalue weighted by atomic mass is 16.5. The van der Waals surface area contributed by atoms with Crippen molar-refractivity contribution in [2.45, 2.75) is 13.3 Å². The van der Waals surface area contributed by atoms with Crippen LogP contribution in [-0.4, -0.2) is 5.97 Å². The Morgan fingerprint density at radius 1 is 1.33 bits per heavy atom. The van der Waals surface area contributed by atoms with E-state index in [0.717, 1.165) is 12.0 Å². The fourth-order valence-corrected chi connectivity index (χ4v) is 0.979. The van der Waals surface area contributed by atoms with Gasteiger partial charge in [-0.1, -0.05) is 37.3 Å². The first-order valence-electron chi connectivity index (χ1n) is 4.91. The minimum absolute atomic E-state index is 0.358. The van der Waals surface area contributed by atoms with Crippen LogP contribution in [0.5, 0.6) is 0 Å². The first-order valence-corrected chi connectivity index (χ1v) is 4.91. The number of hydrogen-bond acceptors (Lipinski definition) is 2. The van der Waals surface area contributed by atoms with Crippen LogP contribution in [0, 0.1) is 0 Å². The van der Waals surface area contributed by atoms with Gasteiger partial charge in [-0.2, -0.15) is 0 Å². The molecule has 1 aromatic carbocycles. The van der Waals surface area contributed by atoms with Gasteiger partial charge in [0.1, 0.15) is 0 Å². The Morgan fingerprint density at radius 2 is 2.07 bits per heavy atom. The SMILES string of the molecule is CC/C=C/OC(=O)/C=C/c1ccccc1. The average molecular weight is 202 g/mol. The van der Waals surface area contributed by atoms with Crippen LogP contribution in [0.2, 0.25) is 0 Å². The van der Waals surface area contributed by atoms with Crippen molar-refractivity contribution < 1.29 is 9.53 Å². The number of allylic oxidation sites excluding steroid dienone is 1. The van der Waals surface area contributed by atoms with Crippen LogP contribution in [0.3, 0.4) is 0 Å². The highest BCUT2D eigenvalue weighted by molar-refractivity contribution is 5.87. The lowest BCUT2D eigenvalue weighted by Crippen LogP contribution is -1.92. The summed E-state index contributed by atoms with van der Waals surface area (Å²) in [5, 5.41) is 0. The minimum atomic E-state index is -0.358. The molecule has 78 valence electrons. The largest absolute Gasteiger partial charge is 0.432 e. The van der Waals surface area contributed by atoms with E-state index in [-0.39, 0.29) is 5.97 Å². The number of ether oxygens (including phenoxy) is 1. The third-order valence-corrected chi connectivity index (χ3v) is 1.73. The molecule has 0 aliphatic rings. The molecule has 0 unspecified atom stereocenters. The third kappa shape index (κ3) is 4.81. The van der Waals surface area contributed by atoms with E-state index in [1.165, 1.54) is 12.3 Å². The summed E-state index contributed by atoms with van der Waals surface area (Å²) in [5.41, 5.74) is 0.980. The van der Waals surface area contributed by atoms with Gasteiger partial charge in [-0.15, -0.1) is 0 Å². The molecule has 0 saturated carbocycles. The first kappa shape index (κ1) is 11.2. The number of rotatable bonds is 4. The van der Waals surface area contributed by atoms with E-state index in [4.69, 9.17) is 4.74 Å². The van der Waals surface area contributed by atoms with Crippen molar-refractivity contribution in [1.29, 1.82) is 0 Å². The van der Waals surface area contributed by atoms with Crippen LogP contribution in [0.15, 0.2) is 48.7 Å². The number of carbonyl (C=O) groups is 1. The highest BCUT2D eigenvalue weighted by Gasteiger charge is 1.92. The maximum absolute atomic E-state index is 11.1. The van der Waals surface area contributed by atoms with E-state index >= 15 is 0 Å². The van der Waals surface area contributed by atoms with Gasteiger partial charge >= 0.3 is 5.97 Å². The van der Waals surface area contributed by atoms with E-state index in [0.29, 0.717) is 0 Å². The summed E-state index contributed by atoms with van der Waals surface area (Å²) in [6.07, 6.45) is 7.19. The summed E-state index contributed by atoms with van der Waals surface area (Å²) in [6, 6.07) is 9.61. The highest BCUT2D eigenvalue weighted by Crippen LogP contribution is 2.01. The molecule has 0 heterocycles. The second kappa shape index (κ2) is 6.60.